The van der Waals surface area contributed by atoms with Gasteiger partial charge in [-0.25, -0.2) is 0 Å². The summed E-state index contributed by atoms with van der Waals surface area (Å²) in [7, 11) is 0. The van der Waals surface area contributed by atoms with E-state index in [9.17, 15) is 9.59 Å². The smallest absolute Gasteiger partial charge is 0.303 e. The topological polar surface area (TPSA) is 54.4 Å². The summed E-state index contributed by atoms with van der Waals surface area (Å²) in [6.45, 7) is 2.12. The summed E-state index contributed by atoms with van der Waals surface area (Å²) >= 11 is 3.27. The minimum absolute atomic E-state index is 0.0552. The van der Waals surface area contributed by atoms with Crippen molar-refractivity contribution in [1.82, 2.24) is 0 Å². The van der Waals surface area contributed by atoms with Crippen LogP contribution in [0.25, 0.3) is 0 Å². The third kappa shape index (κ3) is 5.37. The summed E-state index contributed by atoms with van der Waals surface area (Å²) < 4.78 is 1.16. The SMILES string of the molecule is CCCSc1ccc(C(=O)CCCC(=O)O)s1. The van der Waals surface area contributed by atoms with Crippen LogP contribution in [0.15, 0.2) is 16.3 Å². The number of carboxylic acid groups (broad SMARTS) is 1. The maximum atomic E-state index is 11.7. The van der Waals surface area contributed by atoms with Crippen LogP contribution in [0, 0.1) is 0 Å². The zero-order valence-electron chi connectivity index (χ0n) is 9.77. The van der Waals surface area contributed by atoms with Gasteiger partial charge in [-0.15, -0.1) is 23.1 Å². The number of ketones is 1. The van der Waals surface area contributed by atoms with Gasteiger partial charge in [0.15, 0.2) is 5.78 Å². The number of aliphatic carboxylic acids is 1. The van der Waals surface area contributed by atoms with E-state index in [4.69, 9.17) is 5.11 Å². The molecule has 17 heavy (non-hydrogen) atoms. The molecule has 0 unspecified atom stereocenters. The minimum Gasteiger partial charge on any atom is -0.481 e. The lowest BCUT2D eigenvalue weighted by atomic mass is 10.1. The fourth-order valence-corrected chi connectivity index (χ4v) is 3.30. The van der Waals surface area contributed by atoms with E-state index in [2.05, 4.69) is 6.92 Å². The molecule has 0 aliphatic rings. The first-order valence-electron chi connectivity index (χ1n) is 5.61. The highest BCUT2D eigenvalue weighted by Gasteiger charge is 2.10. The maximum absolute atomic E-state index is 11.7. The van der Waals surface area contributed by atoms with Crippen molar-refractivity contribution in [3.63, 3.8) is 0 Å². The first-order chi connectivity index (χ1) is 8.13. The summed E-state index contributed by atoms with van der Waals surface area (Å²) in [4.78, 5) is 22.8. The Morgan fingerprint density at radius 2 is 2.12 bits per heavy atom. The van der Waals surface area contributed by atoms with E-state index in [-0.39, 0.29) is 12.2 Å². The van der Waals surface area contributed by atoms with Crippen molar-refractivity contribution in [2.75, 3.05) is 5.75 Å². The van der Waals surface area contributed by atoms with E-state index in [1.54, 1.807) is 11.8 Å². The first kappa shape index (κ1) is 14.3. The van der Waals surface area contributed by atoms with E-state index in [0.717, 1.165) is 21.3 Å². The number of carbonyl (C=O) groups excluding carboxylic acids is 1. The van der Waals surface area contributed by atoms with E-state index >= 15 is 0 Å². The van der Waals surface area contributed by atoms with Gasteiger partial charge in [0.2, 0.25) is 0 Å². The van der Waals surface area contributed by atoms with Gasteiger partial charge < -0.3 is 5.11 Å². The highest BCUT2D eigenvalue weighted by Crippen LogP contribution is 2.28. The molecule has 1 heterocycles. The second-order valence-electron chi connectivity index (χ2n) is 3.64. The van der Waals surface area contributed by atoms with Crippen molar-refractivity contribution >= 4 is 34.9 Å². The molecule has 0 saturated heterocycles. The van der Waals surface area contributed by atoms with E-state index in [0.29, 0.717) is 12.8 Å². The average Bonchev–Trinajstić information content (AvgIpc) is 2.74. The molecule has 0 radical (unpaired) electrons. The van der Waals surface area contributed by atoms with Gasteiger partial charge in [0.05, 0.1) is 9.09 Å². The third-order valence-electron chi connectivity index (χ3n) is 2.10. The second-order valence-corrected chi connectivity index (χ2v) is 6.12. The molecular formula is C12H16O3S2. The molecule has 0 amide bonds. The summed E-state index contributed by atoms with van der Waals surface area (Å²) in [5, 5.41) is 8.49. The monoisotopic (exact) mass is 272 g/mol. The Morgan fingerprint density at radius 1 is 1.35 bits per heavy atom. The van der Waals surface area contributed by atoms with Crippen molar-refractivity contribution in [3.05, 3.63) is 17.0 Å². The Kier molecular flexibility index (Phi) is 6.29. The average molecular weight is 272 g/mol. The van der Waals surface area contributed by atoms with E-state index in [1.165, 1.54) is 11.3 Å². The Hall–Kier alpha value is -0.810. The molecule has 0 aliphatic heterocycles. The molecule has 0 saturated carbocycles. The molecule has 3 nitrogen and oxygen atoms in total. The normalized spacial score (nSPS) is 10.4. The number of hydrogen-bond acceptors (Lipinski definition) is 4. The van der Waals surface area contributed by atoms with Crippen LogP contribution in [0.5, 0.6) is 0 Å². The molecule has 0 spiro atoms. The summed E-state index contributed by atoms with van der Waals surface area (Å²) in [5.74, 6) is 0.274. The van der Waals surface area contributed by atoms with Gasteiger partial charge in [-0.2, -0.15) is 0 Å². The standard InChI is InChI=1S/C12H16O3S2/c1-2-8-16-12-7-6-10(17-12)9(13)4-3-5-11(14)15/h6-7H,2-5,8H2,1H3,(H,14,15). The molecule has 0 aliphatic carbocycles. The van der Waals surface area contributed by atoms with Crippen LogP contribution in [-0.2, 0) is 4.79 Å². The highest BCUT2D eigenvalue weighted by atomic mass is 32.2. The number of carboxylic acids is 1. The summed E-state index contributed by atoms with van der Waals surface area (Å²) in [5.41, 5.74) is 0. The molecular weight excluding hydrogens is 256 g/mol. The number of carbonyl (C=O) groups is 2. The number of Topliss-reactive ketones (excluding diaryl/α,β-unsaturated/α-hetero) is 1. The van der Waals surface area contributed by atoms with Crippen molar-refractivity contribution < 1.29 is 14.7 Å². The van der Waals surface area contributed by atoms with Crippen molar-refractivity contribution in [2.45, 2.75) is 36.8 Å². The van der Waals surface area contributed by atoms with Gasteiger partial charge >= 0.3 is 5.97 Å². The fourth-order valence-electron chi connectivity index (χ4n) is 1.27. The van der Waals surface area contributed by atoms with Gasteiger partial charge in [0, 0.05) is 12.8 Å². The quantitative estimate of drug-likeness (QED) is 0.579. The van der Waals surface area contributed by atoms with Crippen molar-refractivity contribution in [1.29, 1.82) is 0 Å². The number of hydrogen-bond donors (Lipinski definition) is 1. The van der Waals surface area contributed by atoms with E-state index in [1.807, 2.05) is 12.1 Å². The Balaban J connectivity index is 2.40. The molecule has 1 N–H and O–H groups in total. The predicted octanol–water partition coefficient (Wildman–Crippen LogP) is 3.69. The van der Waals surface area contributed by atoms with Crippen LogP contribution < -0.4 is 0 Å². The van der Waals surface area contributed by atoms with Crippen LogP contribution in [0.2, 0.25) is 0 Å². The predicted molar refractivity (Wildman–Crippen MR) is 71.2 cm³/mol. The maximum Gasteiger partial charge on any atom is 0.303 e. The lowest BCUT2D eigenvalue weighted by Gasteiger charge is -1.96. The molecule has 0 aromatic carbocycles. The lowest BCUT2D eigenvalue weighted by molar-refractivity contribution is -0.137. The second kappa shape index (κ2) is 7.50. The molecule has 0 atom stereocenters. The summed E-state index contributed by atoms with van der Waals surface area (Å²) in [6.07, 6.45) is 1.92. The van der Waals surface area contributed by atoms with Crippen molar-refractivity contribution in [3.8, 4) is 0 Å². The van der Waals surface area contributed by atoms with Gasteiger partial charge in [-0.1, -0.05) is 6.92 Å². The largest absolute Gasteiger partial charge is 0.481 e. The van der Waals surface area contributed by atoms with Crippen molar-refractivity contribution in [2.24, 2.45) is 0 Å². The van der Waals surface area contributed by atoms with Crippen LogP contribution in [0.1, 0.15) is 42.3 Å². The Labute approximate surface area is 109 Å². The molecule has 0 fully saturated rings. The van der Waals surface area contributed by atoms with Gasteiger partial charge in [-0.3, -0.25) is 9.59 Å². The Morgan fingerprint density at radius 3 is 2.76 bits per heavy atom. The zero-order valence-corrected chi connectivity index (χ0v) is 11.4. The third-order valence-corrected chi connectivity index (χ3v) is 4.66. The molecule has 1 aromatic heterocycles. The first-order valence-corrected chi connectivity index (χ1v) is 7.41. The fraction of sp³-hybridized carbons (Fsp3) is 0.500. The molecule has 5 heteroatoms. The number of thiophene rings is 1. The van der Waals surface area contributed by atoms with Crippen LogP contribution >= 0.6 is 23.1 Å². The molecule has 0 bridgehead atoms. The lowest BCUT2D eigenvalue weighted by Crippen LogP contribution is -1.99. The molecule has 1 rings (SSSR count). The number of thioether (sulfide) groups is 1. The van der Waals surface area contributed by atoms with Crippen LogP contribution in [0.4, 0.5) is 0 Å². The molecule has 1 aromatic rings. The van der Waals surface area contributed by atoms with Gasteiger partial charge in [0.25, 0.3) is 0 Å². The zero-order chi connectivity index (χ0) is 12.7. The van der Waals surface area contributed by atoms with Gasteiger partial charge in [-0.05, 0) is 30.7 Å². The van der Waals surface area contributed by atoms with Crippen LogP contribution in [-0.4, -0.2) is 22.6 Å². The minimum atomic E-state index is -0.844. The van der Waals surface area contributed by atoms with Crippen LogP contribution in [0.3, 0.4) is 0 Å². The summed E-state index contributed by atoms with van der Waals surface area (Å²) in [6, 6.07) is 3.81. The molecule has 94 valence electrons. The van der Waals surface area contributed by atoms with Gasteiger partial charge in [0.1, 0.15) is 0 Å². The highest BCUT2D eigenvalue weighted by molar-refractivity contribution is 8.01. The number of rotatable bonds is 8. The Bertz CT molecular complexity index is 385. The van der Waals surface area contributed by atoms with E-state index < -0.39 is 5.97 Å².